The van der Waals surface area contributed by atoms with Crippen LogP contribution in [0.5, 0.6) is 0 Å². The standard InChI is InChI=1S/C11H17N3O3S/c1-7-5-10(4-3-9(7)6-12)18(16,17)14-8(2)11(13)15/h3-5,8,14H,6,12H2,1-2H3,(H2,13,15). The third-order valence-corrected chi connectivity index (χ3v) is 4.14. The minimum atomic E-state index is -3.74. The fourth-order valence-corrected chi connectivity index (χ4v) is 2.72. The van der Waals surface area contributed by atoms with E-state index in [1.54, 1.807) is 13.0 Å². The van der Waals surface area contributed by atoms with Crippen LogP contribution in [0.1, 0.15) is 18.1 Å². The number of hydrogen-bond acceptors (Lipinski definition) is 4. The van der Waals surface area contributed by atoms with Crippen LogP contribution in [0, 0.1) is 6.92 Å². The number of nitrogens with two attached hydrogens (primary N) is 2. The Morgan fingerprint density at radius 2 is 2.06 bits per heavy atom. The predicted molar refractivity (Wildman–Crippen MR) is 68.0 cm³/mol. The molecule has 0 radical (unpaired) electrons. The van der Waals surface area contributed by atoms with E-state index >= 15 is 0 Å². The second-order valence-corrected chi connectivity index (χ2v) is 5.75. The molecule has 0 heterocycles. The molecule has 6 nitrogen and oxygen atoms in total. The lowest BCUT2D eigenvalue weighted by molar-refractivity contribution is -0.119. The molecule has 0 spiro atoms. The van der Waals surface area contributed by atoms with Crippen molar-refractivity contribution in [3.63, 3.8) is 0 Å². The van der Waals surface area contributed by atoms with E-state index in [2.05, 4.69) is 4.72 Å². The molecule has 0 fully saturated rings. The Labute approximate surface area is 106 Å². The molecule has 0 bridgehead atoms. The molecule has 1 rings (SSSR count). The molecule has 1 atom stereocenters. The van der Waals surface area contributed by atoms with Gasteiger partial charge in [-0.15, -0.1) is 0 Å². The van der Waals surface area contributed by atoms with Gasteiger partial charge in [0.15, 0.2) is 0 Å². The molecule has 0 saturated heterocycles. The number of rotatable bonds is 5. The first-order valence-corrected chi connectivity index (χ1v) is 6.87. The number of carbonyl (C=O) groups is 1. The molecule has 18 heavy (non-hydrogen) atoms. The summed E-state index contributed by atoms with van der Waals surface area (Å²) in [5, 5.41) is 0. The second kappa shape index (κ2) is 5.47. The van der Waals surface area contributed by atoms with E-state index in [4.69, 9.17) is 11.5 Å². The first kappa shape index (κ1) is 14.6. The van der Waals surface area contributed by atoms with Gasteiger partial charge in [0, 0.05) is 6.54 Å². The summed E-state index contributed by atoms with van der Waals surface area (Å²) in [6, 6.07) is 3.66. The Balaban J connectivity index is 3.06. The van der Waals surface area contributed by atoms with Crippen molar-refractivity contribution in [2.45, 2.75) is 31.3 Å². The van der Waals surface area contributed by atoms with Crippen molar-refractivity contribution in [1.82, 2.24) is 4.72 Å². The smallest absolute Gasteiger partial charge is 0.241 e. The average molecular weight is 271 g/mol. The zero-order valence-electron chi connectivity index (χ0n) is 10.3. The van der Waals surface area contributed by atoms with Gasteiger partial charge in [-0.25, -0.2) is 8.42 Å². The topological polar surface area (TPSA) is 115 Å². The van der Waals surface area contributed by atoms with Gasteiger partial charge in [0.05, 0.1) is 10.9 Å². The number of carbonyl (C=O) groups excluding carboxylic acids is 1. The number of primary amides is 1. The van der Waals surface area contributed by atoms with Gasteiger partial charge in [-0.3, -0.25) is 4.79 Å². The maximum Gasteiger partial charge on any atom is 0.241 e. The first-order valence-electron chi connectivity index (χ1n) is 5.39. The number of sulfonamides is 1. The lowest BCUT2D eigenvalue weighted by atomic mass is 10.1. The van der Waals surface area contributed by atoms with Crippen LogP contribution in [0.4, 0.5) is 0 Å². The van der Waals surface area contributed by atoms with Gasteiger partial charge in [0.25, 0.3) is 0 Å². The molecule has 7 heteroatoms. The van der Waals surface area contributed by atoms with Crippen molar-refractivity contribution in [2.75, 3.05) is 0 Å². The van der Waals surface area contributed by atoms with Gasteiger partial charge in [-0.2, -0.15) is 4.72 Å². The van der Waals surface area contributed by atoms with E-state index in [0.29, 0.717) is 6.54 Å². The predicted octanol–water partition coefficient (Wildman–Crippen LogP) is -0.394. The highest BCUT2D eigenvalue weighted by molar-refractivity contribution is 7.89. The summed E-state index contributed by atoms with van der Waals surface area (Å²) >= 11 is 0. The Kier molecular flexibility index (Phi) is 4.44. The van der Waals surface area contributed by atoms with Crippen molar-refractivity contribution >= 4 is 15.9 Å². The molecule has 0 aliphatic carbocycles. The number of hydrogen-bond donors (Lipinski definition) is 3. The fraction of sp³-hybridized carbons (Fsp3) is 0.364. The molecular formula is C11H17N3O3S. The zero-order chi connectivity index (χ0) is 13.9. The number of aryl methyl sites for hydroxylation is 1. The maximum absolute atomic E-state index is 11.9. The zero-order valence-corrected chi connectivity index (χ0v) is 11.1. The molecule has 5 N–H and O–H groups in total. The van der Waals surface area contributed by atoms with Crippen molar-refractivity contribution in [3.05, 3.63) is 29.3 Å². The summed E-state index contributed by atoms with van der Waals surface area (Å²) in [6.07, 6.45) is 0. The van der Waals surface area contributed by atoms with Gasteiger partial charge in [-0.05, 0) is 37.1 Å². The SMILES string of the molecule is Cc1cc(S(=O)(=O)NC(C)C(N)=O)ccc1CN. The van der Waals surface area contributed by atoms with E-state index in [9.17, 15) is 13.2 Å². The summed E-state index contributed by atoms with van der Waals surface area (Å²) in [4.78, 5) is 10.9. The molecule has 1 aromatic rings. The maximum atomic E-state index is 11.9. The molecule has 100 valence electrons. The van der Waals surface area contributed by atoms with Crippen LogP contribution < -0.4 is 16.2 Å². The Morgan fingerprint density at radius 3 is 2.50 bits per heavy atom. The summed E-state index contributed by atoms with van der Waals surface area (Å²) in [5.41, 5.74) is 12.2. The number of nitrogens with one attached hydrogen (secondary N) is 1. The summed E-state index contributed by atoms with van der Waals surface area (Å²) < 4.78 is 26.1. The van der Waals surface area contributed by atoms with Gasteiger partial charge >= 0.3 is 0 Å². The summed E-state index contributed by atoms with van der Waals surface area (Å²) in [5.74, 6) is -0.728. The quantitative estimate of drug-likeness (QED) is 0.676. The second-order valence-electron chi connectivity index (χ2n) is 4.04. The average Bonchev–Trinajstić information content (AvgIpc) is 2.28. The van der Waals surface area contributed by atoms with E-state index in [1.807, 2.05) is 0 Å². The molecule has 1 unspecified atom stereocenters. The minimum Gasteiger partial charge on any atom is -0.368 e. The van der Waals surface area contributed by atoms with Crippen LogP contribution in [0.2, 0.25) is 0 Å². The van der Waals surface area contributed by atoms with E-state index in [1.165, 1.54) is 19.1 Å². The monoisotopic (exact) mass is 271 g/mol. The third-order valence-electron chi connectivity index (χ3n) is 2.60. The Hall–Kier alpha value is -1.44. The lowest BCUT2D eigenvalue weighted by Gasteiger charge is -2.12. The molecule has 0 saturated carbocycles. The Bertz CT molecular complexity index is 555. The Morgan fingerprint density at radius 1 is 1.44 bits per heavy atom. The van der Waals surface area contributed by atoms with Gasteiger partial charge in [0.2, 0.25) is 15.9 Å². The molecular weight excluding hydrogens is 254 g/mol. The van der Waals surface area contributed by atoms with Crippen LogP contribution in [0.25, 0.3) is 0 Å². The van der Waals surface area contributed by atoms with Gasteiger partial charge in [0.1, 0.15) is 0 Å². The summed E-state index contributed by atoms with van der Waals surface area (Å²) in [7, 11) is -3.74. The normalized spacial score (nSPS) is 13.3. The van der Waals surface area contributed by atoms with E-state index in [0.717, 1.165) is 11.1 Å². The van der Waals surface area contributed by atoms with Gasteiger partial charge in [-0.1, -0.05) is 6.07 Å². The lowest BCUT2D eigenvalue weighted by Crippen LogP contribution is -2.42. The van der Waals surface area contributed by atoms with Crippen LogP contribution in [-0.4, -0.2) is 20.4 Å². The van der Waals surface area contributed by atoms with Crippen LogP contribution >= 0.6 is 0 Å². The third kappa shape index (κ3) is 3.28. The molecule has 1 amide bonds. The molecule has 0 aliphatic heterocycles. The van der Waals surface area contributed by atoms with Gasteiger partial charge < -0.3 is 11.5 Å². The largest absolute Gasteiger partial charge is 0.368 e. The van der Waals surface area contributed by atoms with Crippen LogP contribution in [-0.2, 0) is 21.4 Å². The first-order chi connectivity index (χ1) is 8.27. The summed E-state index contributed by atoms with van der Waals surface area (Å²) in [6.45, 7) is 3.51. The van der Waals surface area contributed by atoms with E-state index in [-0.39, 0.29) is 4.90 Å². The number of amides is 1. The highest BCUT2D eigenvalue weighted by Crippen LogP contribution is 2.15. The highest BCUT2D eigenvalue weighted by atomic mass is 32.2. The molecule has 1 aromatic carbocycles. The van der Waals surface area contributed by atoms with Crippen molar-refractivity contribution in [1.29, 1.82) is 0 Å². The van der Waals surface area contributed by atoms with Crippen LogP contribution in [0.15, 0.2) is 23.1 Å². The van der Waals surface area contributed by atoms with Crippen molar-refractivity contribution in [2.24, 2.45) is 11.5 Å². The highest BCUT2D eigenvalue weighted by Gasteiger charge is 2.20. The van der Waals surface area contributed by atoms with Crippen molar-refractivity contribution < 1.29 is 13.2 Å². The fourth-order valence-electron chi connectivity index (χ4n) is 1.42. The van der Waals surface area contributed by atoms with Crippen molar-refractivity contribution in [3.8, 4) is 0 Å². The van der Waals surface area contributed by atoms with E-state index < -0.39 is 22.0 Å². The molecule has 0 aliphatic rings. The van der Waals surface area contributed by atoms with Crippen LogP contribution in [0.3, 0.4) is 0 Å². The number of benzene rings is 1. The minimum absolute atomic E-state index is 0.0882. The molecule has 0 aromatic heterocycles.